The Balaban J connectivity index is 2.28. The van der Waals surface area contributed by atoms with E-state index in [0.29, 0.717) is 5.52 Å². The van der Waals surface area contributed by atoms with Crippen LogP contribution in [0.4, 0.5) is 10.1 Å². The molecule has 4 heteroatoms. The number of fused-ring (bicyclic) bond motifs is 2. The van der Waals surface area contributed by atoms with Gasteiger partial charge in [-0.15, -0.1) is 0 Å². The summed E-state index contributed by atoms with van der Waals surface area (Å²) < 4.78 is 14.9. The minimum Gasteiger partial charge on any atom is -0.384 e. The number of hydrogen-bond acceptors (Lipinski definition) is 2. The first-order chi connectivity index (χ1) is 9.20. The van der Waals surface area contributed by atoms with Gasteiger partial charge in [0.2, 0.25) is 0 Å². The molecule has 1 aromatic heterocycles. The highest BCUT2D eigenvalue weighted by molar-refractivity contribution is 9.10. The molecule has 2 aromatic rings. The summed E-state index contributed by atoms with van der Waals surface area (Å²) in [5.41, 5.74) is 3.91. The Morgan fingerprint density at radius 2 is 2.21 bits per heavy atom. The summed E-state index contributed by atoms with van der Waals surface area (Å²) in [5, 5.41) is 4.35. The Bertz CT molecular complexity index is 640. The number of hydrogen-bond donors (Lipinski definition) is 1. The van der Waals surface area contributed by atoms with Crippen molar-refractivity contribution in [2.45, 2.75) is 32.6 Å². The van der Waals surface area contributed by atoms with Gasteiger partial charge in [0.1, 0.15) is 5.52 Å². The second-order valence-corrected chi connectivity index (χ2v) is 5.89. The molecule has 0 fully saturated rings. The van der Waals surface area contributed by atoms with Crippen LogP contribution in [0.25, 0.3) is 10.9 Å². The average molecular weight is 323 g/mol. The van der Waals surface area contributed by atoms with E-state index in [1.165, 1.54) is 11.6 Å². The third-order valence-corrected chi connectivity index (χ3v) is 4.04. The van der Waals surface area contributed by atoms with Crippen LogP contribution in [0.2, 0.25) is 0 Å². The van der Waals surface area contributed by atoms with Crippen LogP contribution >= 0.6 is 15.9 Å². The summed E-state index contributed by atoms with van der Waals surface area (Å²) in [5.74, 6) is -0.251. The van der Waals surface area contributed by atoms with Gasteiger partial charge in [0, 0.05) is 27.8 Å². The predicted molar refractivity (Wildman–Crippen MR) is 80.2 cm³/mol. The smallest absolute Gasteiger partial charge is 0.150 e. The van der Waals surface area contributed by atoms with Crippen molar-refractivity contribution < 1.29 is 4.39 Å². The maximum absolute atomic E-state index is 14.1. The van der Waals surface area contributed by atoms with E-state index < -0.39 is 0 Å². The SMILES string of the molecule is CCCNc1c2c(nc3c(F)cc(Br)cc13)CCC2. The summed E-state index contributed by atoms with van der Waals surface area (Å²) in [6.45, 7) is 3.03. The van der Waals surface area contributed by atoms with Crippen LogP contribution in [0.5, 0.6) is 0 Å². The highest BCUT2D eigenvalue weighted by atomic mass is 79.9. The number of pyridine rings is 1. The Kier molecular flexibility index (Phi) is 3.44. The van der Waals surface area contributed by atoms with Gasteiger partial charge in [-0.25, -0.2) is 9.37 Å². The molecule has 0 atom stereocenters. The zero-order valence-corrected chi connectivity index (χ0v) is 12.5. The third kappa shape index (κ3) is 2.22. The lowest BCUT2D eigenvalue weighted by Gasteiger charge is -2.14. The lowest BCUT2D eigenvalue weighted by atomic mass is 10.1. The second kappa shape index (κ2) is 5.08. The van der Waals surface area contributed by atoms with Crippen LogP contribution in [0.1, 0.15) is 31.0 Å². The quantitative estimate of drug-likeness (QED) is 0.903. The summed E-state index contributed by atoms with van der Waals surface area (Å²) in [4.78, 5) is 4.53. The Hall–Kier alpha value is -1.16. The summed E-state index contributed by atoms with van der Waals surface area (Å²) in [7, 11) is 0. The van der Waals surface area contributed by atoms with Crippen LogP contribution in [0, 0.1) is 5.82 Å². The van der Waals surface area contributed by atoms with Gasteiger partial charge in [-0.2, -0.15) is 0 Å². The number of nitrogens with one attached hydrogen (secondary N) is 1. The lowest BCUT2D eigenvalue weighted by Crippen LogP contribution is -2.06. The van der Waals surface area contributed by atoms with Crippen molar-refractivity contribution in [3.63, 3.8) is 0 Å². The van der Waals surface area contributed by atoms with Gasteiger partial charge in [0.05, 0.1) is 0 Å². The van der Waals surface area contributed by atoms with E-state index in [4.69, 9.17) is 0 Å². The predicted octanol–water partition coefficient (Wildman–Crippen LogP) is 4.45. The number of anilines is 1. The fourth-order valence-electron chi connectivity index (χ4n) is 2.74. The van der Waals surface area contributed by atoms with E-state index in [1.807, 2.05) is 6.07 Å². The first-order valence-electron chi connectivity index (χ1n) is 6.75. The van der Waals surface area contributed by atoms with Crippen molar-refractivity contribution in [1.29, 1.82) is 0 Å². The Morgan fingerprint density at radius 3 is 3.00 bits per heavy atom. The van der Waals surface area contributed by atoms with Crippen molar-refractivity contribution in [1.82, 2.24) is 4.98 Å². The molecule has 0 radical (unpaired) electrons. The van der Waals surface area contributed by atoms with Crippen LogP contribution in [0.3, 0.4) is 0 Å². The zero-order valence-electron chi connectivity index (χ0n) is 10.9. The summed E-state index contributed by atoms with van der Waals surface area (Å²) >= 11 is 3.37. The van der Waals surface area contributed by atoms with Gasteiger partial charge in [-0.05, 0) is 43.4 Å². The van der Waals surface area contributed by atoms with E-state index in [1.54, 1.807) is 0 Å². The van der Waals surface area contributed by atoms with E-state index in [9.17, 15) is 4.39 Å². The molecule has 1 N–H and O–H groups in total. The van der Waals surface area contributed by atoms with E-state index in [0.717, 1.165) is 53.5 Å². The molecule has 0 bridgehead atoms. The van der Waals surface area contributed by atoms with Gasteiger partial charge in [-0.3, -0.25) is 0 Å². The van der Waals surface area contributed by atoms with Gasteiger partial charge in [0.25, 0.3) is 0 Å². The molecule has 19 heavy (non-hydrogen) atoms. The number of nitrogens with zero attached hydrogens (tertiary/aromatic N) is 1. The minimum atomic E-state index is -0.251. The average Bonchev–Trinajstić information content (AvgIpc) is 2.83. The molecule has 3 rings (SSSR count). The van der Waals surface area contributed by atoms with E-state index in [-0.39, 0.29) is 5.82 Å². The highest BCUT2D eigenvalue weighted by Gasteiger charge is 2.21. The van der Waals surface area contributed by atoms with Crippen LogP contribution in [-0.4, -0.2) is 11.5 Å². The molecule has 100 valence electrons. The molecule has 0 amide bonds. The first kappa shape index (κ1) is 12.9. The number of rotatable bonds is 3. The standard InChI is InChI=1S/C15H16BrFN2/c1-2-6-18-14-10-4-3-5-13(10)19-15-11(14)7-9(16)8-12(15)17/h7-8H,2-6H2,1H3,(H,18,19). The molecule has 1 aromatic carbocycles. The number of benzene rings is 1. The van der Waals surface area contributed by atoms with Crippen molar-refractivity contribution in [3.05, 3.63) is 33.7 Å². The maximum atomic E-state index is 14.1. The first-order valence-corrected chi connectivity index (χ1v) is 7.54. The van der Waals surface area contributed by atoms with Crippen molar-refractivity contribution in [2.75, 3.05) is 11.9 Å². The summed E-state index contributed by atoms with van der Waals surface area (Å²) in [6, 6.07) is 3.45. The van der Waals surface area contributed by atoms with Crippen molar-refractivity contribution in [2.24, 2.45) is 0 Å². The topological polar surface area (TPSA) is 24.9 Å². The second-order valence-electron chi connectivity index (χ2n) is 4.98. The normalized spacial score (nSPS) is 13.8. The van der Waals surface area contributed by atoms with Crippen LogP contribution in [-0.2, 0) is 12.8 Å². The molecular formula is C15H16BrFN2. The molecule has 0 unspecified atom stereocenters. The van der Waals surface area contributed by atoms with Crippen LogP contribution in [0.15, 0.2) is 16.6 Å². The monoisotopic (exact) mass is 322 g/mol. The van der Waals surface area contributed by atoms with E-state index >= 15 is 0 Å². The Morgan fingerprint density at radius 1 is 1.37 bits per heavy atom. The van der Waals surface area contributed by atoms with Gasteiger partial charge in [-0.1, -0.05) is 22.9 Å². The molecule has 2 nitrogen and oxygen atoms in total. The van der Waals surface area contributed by atoms with E-state index in [2.05, 4.69) is 33.2 Å². The van der Waals surface area contributed by atoms with Gasteiger partial charge in [0.15, 0.2) is 5.82 Å². The highest BCUT2D eigenvalue weighted by Crippen LogP contribution is 2.36. The molecule has 1 heterocycles. The number of aryl methyl sites for hydroxylation is 1. The number of halogens is 2. The molecule has 0 aliphatic heterocycles. The molecular weight excluding hydrogens is 307 g/mol. The molecule has 1 aliphatic carbocycles. The fraction of sp³-hybridized carbons (Fsp3) is 0.400. The molecule has 0 saturated carbocycles. The third-order valence-electron chi connectivity index (χ3n) is 3.59. The maximum Gasteiger partial charge on any atom is 0.150 e. The van der Waals surface area contributed by atoms with Gasteiger partial charge >= 0.3 is 0 Å². The largest absolute Gasteiger partial charge is 0.384 e. The fourth-order valence-corrected chi connectivity index (χ4v) is 3.17. The molecule has 0 spiro atoms. The molecule has 1 aliphatic rings. The van der Waals surface area contributed by atoms with Gasteiger partial charge < -0.3 is 5.32 Å². The van der Waals surface area contributed by atoms with Crippen LogP contribution < -0.4 is 5.32 Å². The molecule has 0 saturated heterocycles. The minimum absolute atomic E-state index is 0.251. The number of aromatic nitrogens is 1. The summed E-state index contributed by atoms with van der Waals surface area (Å²) in [6.07, 6.45) is 4.16. The zero-order chi connectivity index (χ0) is 13.4. The van der Waals surface area contributed by atoms with Crippen molar-refractivity contribution >= 4 is 32.5 Å². The van der Waals surface area contributed by atoms with Crippen molar-refractivity contribution in [3.8, 4) is 0 Å². The lowest BCUT2D eigenvalue weighted by molar-refractivity contribution is 0.635. The Labute approximate surface area is 120 Å².